The van der Waals surface area contributed by atoms with E-state index in [0.29, 0.717) is 18.1 Å². The largest absolute Gasteiger partial charge is 0.354 e. The maximum Gasteiger partial charge on any atom is 0.320 e. The molecule has 1 heterocycles. The summed E-state index contributed by atoms with van der Waals surface area (Å²) in [5.74, 6) is 0.975. The average Bonchev–Trinajstić information content (AvgIpc) is 3.02. The number of benzene rings is 2. The maximum absolute atomic E-state index is 11.9. The SMILES string of the molecule is O=C(NCc1cccc(Br)c1)Nc1cc(-c2ccccc2)on1. The number of amides is 2. The van der Waals surface area contributed by atoms with Crippen LogP contribution in [0.25, 0.3) is 11.3 Å². The number of halogens is 1. The minimum absolute atomic E-state index is 0.335. The van der Waals surface area contributed by atoms with Crippen molar-refractivity contribution in [2.75, 3.05) is 5.32 Å². The summed E-state index contributed by atoms with van der Waals surface area (Å²) in [4.78, 5) is 11.9. The molecule has 3 aromatic rings. The van der Waals surface area contributed by atoms with Crippen molar-refractivity contribution in [3.63, 3.8) is 0 Å². The van der Waals surface area contributed by atoms with E-state index < -0.39 is 0 Å². The maximum atomic E-state index is 11.9. The fraction of sp³-hybridized carbons (Fsp3) is 0.0588. The van der Waals surface area contributed by atoms with Crippen LogP contribution >= 0.6 is 15.9 Å². The van der Waals surface area contributed by atoms with E-state index in [0.717, 1.165) is 15.6 Å². The van der Waals surface area contributed by atoms with Crippen molar-refractivity contribution in [2.24, 2.45) is 0 Å². The Bertz CT molecular complexity index is 802. The molecule has 0 saturated carbocycles. The smallest absolute Gasteiger partial charge is 0.320 e. The first-order valence-electron chi connectivity index (χ1n) is 7.02. The molecule has 0 saturated heterocycles. The van der Waals surface area contributed by atoms with Gasteiger partial charge in [-0.3, -0.25) is 5.32 Å². The molecule has 2 aromatic carbocycles. The highest BCUT2D eigenvalue weighted by atomic mass is 79.9. The lowest BCUT2D eigenvalue weighted by Crippen LogP contribution is -2.28. The van der Waals surface area contributed by atoms with Crippen molar-refractivity contribution in [1.29, 1.82) is 0 Å². The molecule has 0 radical (unpaired) electrons. The van der Waals surface area contributed by atoms with Crippen molar-refractivity contribution in [1.82, 2.24) is 10.5 Å². The van der Waals surface area contributed by atoms with E-state index in [1.165, 1.54) is 0 Å². The molecular formula is C17H14BrN3O2. The Hall–Kier alpha value is -2.60. The lowest BCUT2D eigenvalue weighted by Gasteiger charge is -2.05. The van der Waals surface area contributed by atoms with Crippen LogP contribution in [0.3, 0.4) is 0 Å². The first kappa shape index (κ1) is 15.3. The summed E-state index contributed by atoms with van der Waals surface area (Å²) in [6, 6.07) is 18.7. The molecule has 0 spiro atoms. The van der Waals surface area contributed by atoms with E-state index in [1.807, 2.05) is 54.6 Å². The van der Waals surface area contributed by atoms with Crippen LogP contribution in [0.2, 0.25) is 0 Å². The highest BCUT2D eigenvalue weighted by molar-refractivity contribution is 9.10. The number of carbonyl (C=O) groups excluding carboxylic acids is 1. The predicted molar refractivity (Wildman–Crippen MR) is 91.9 cm³/mol. The van der Waals surface area contributed by atoms with Crippen molar-refractivity contribution in [2.45, 2.75) is 6.54 Å². The minimum atomic E-state index is -0.335. The van der Waals surface area contributed by atoms with Gasteiger partial charge in [-0.05, 0) is 17.7 Å². The van der Waals surface area contributed by atoms with E-state index in [4.69, 9.17) is 4.52 Å². The molecule has 3 rings (SSSR count). The van der Waals surface area contributed by atoms with Crippen LogP contribution in [0.4, 0.5) is 10.6 Å². The molecule has 0 unspecified atom stereocenters. The molecular weight excluding hydrogens is 358 g/mol. The normalized spacial score (nSPS) is 10.3. The van der Waals surface area contributed by atoms with Crippen LogP contribution in [0.15, 0.2) is 69.7 Å². The lowest BCUT2D eigenvalue weighted by atomic mass is 10.2. The van der Waals surface area contributed by atoms with E-state index in [9.17, 15) is 4.79 Å². The summed E-state index contributed by atoms with van der Waals surface area (Å²) < 4.78 is 6.20. The Morgan fingerprint density at radius 3 is 2.70 bits per heavy atom. The summed E-state index contributed by atoms with van der Waals surface area (Å²) in [6.07, 6.45) is 0. The Kier molecular flexibility index (Phi) is 4.73. The number of carbonyl (C=O) groups is 1. The Morgan fingerprint density at radius 1 is 1.09 bits per heavy atom. The third-order valence-electron chi connectivity index (χ3n) is 3.15. The van der Waals surface area contributed by atoms with Crippen molar-refractivity contribution in [3.05, 3.63) is 70.7 Å². The van der Waals surface area contributed by atoms with Gasteiger partial charge in [-0.15, -0.1) is 0 Å². The quantitative estimate of drug-likeness (QED) is 0.712. The fourth-order valence-electron chi connectivity index (χ4n) is 2.06. The van der Waals surface area contributed by atoms with Crippen molar-refractivity contribution >= 4 is 27.8 Å². The molecule has 0 aliphatic heterocycles. The second kappa shape index (κ2) is 7.11. The molecule has 0 aliphatic rings. The predicted octanol–water partition coefficient (Wildman–Crippen LogP) is 4.43. The van der Waals surface area contributed by atoms with Gasteiger partial charge in [-0.1, -0.05) is 63.6 Å². The number of anilines is 1. The lowest BCUT2D eigenvalue weighted by molar-refractivity contribution is 0.251. The Labute approximate surface area is 141 Å². The van der Waals surface area contributed by atoms with Gasteiger partial charge < -0.3 is 9.84 Å². The van der Waals surface area contributed by atoms with Gasteiger partial charge in [0.2, 0.25) is 0 Å². The highest BCUT2D eigenvalue weighted by Crippen LogP contribution is 2.21. The molecule has 1 aromatic heterocycles. The monoisotopic (exact) mass is 371 g/mol. The minimum Gasteiger partial charge on any atom is -0.354 e. The van der Waals surface area contributed by atoms with Gasteiger partial charge >= 0.3 is 6.03 Å². The number of urea groups is 1. The van der Waals surface area contributed by atoms with E-state index in [-0.39, 0.29) is 6.03 Å². The molecule has 2 amide bonds. The zero-order valence-electron chi connectivity index (χ0n) is 12.1. The first-order valence-corrected chi connectivity index (χ1v) is 7.81. The molecule has 23 heavy (non-hydrogen) atoms. The topological polar surface area (TPSA) is 67.2 Å². The fourth-order valence-corrected chi connectivity index (χ4v) is 2.51. The Morgan fingerprint density at radius 2 is 1.91 bits per heavy atom. The standard InChI is InChI=1S/C17H14BrN3O2/c18-14-8-4-5-12(9-14)11-19-17(22)20-16-10-15(23-21-16)13-6-2-1-3-7-13/h1-10H,11H2,(H2,19,20,21,22). The van der Waals surface area contributed by atoms with Crippen LogP contribution in [0, 0.1) is 0 Å². The second-order valence-corrected chi connectivity index (χ2v) is 5.80. The zero-order valence-corrected chi connectivity index (χ0v) is 13.7. The molecule has 2 N–H and O–H groups in total. The number of hydrogen-bond donors (Lipinski definition) is 2. The Balaban J connectivity index is 1.57. The van der Waals surface area contributed by atoms with E-state index in [1.54, 1.807) is 6.07 Å². The molecule has 0 aliphatic carbocycles. The van der Waals surface area contributed by atoms with Crippen LogP contribution in [-0.2, 0) is 6.54 Å². The summed E-state index contributed by atoms with van der Waals surface area (Å²) >= 11 is 3.40. The molecule has 0 bridgehead atoms. The third-order valence-corrected chi connectivity index (χ3v) is 3.65. The van der Waals surface area contributed by atoms with Gasteiger partial charge in [0.25, 0.3) is 0 Å². The highest BCUT2D eigenvalue weighted by Gasteiger charge is 2.09. The second-order valence-electron chi connectivity index (χ2n) is 4.88. The van der Waals surface area contributed by atoms with E-state index in [2.05, 4.69) is 31.7 Å². The zero-order chi connectivity index (χ0) is 16.1. The van der Waals surface area contributed by atoms with Crippen molar-refractivity contribution in [3.8, 4) is 11.3 Å². The van der Waals surface area contributed by atoms with Crippen LogP contribution in [-0.4, -0.2) is 11.2 Å². The van der Waals surface area contributed by atoms with Gasteiger partial charge in [0.15, 0.2) is 11.6 Å². The van der Waals surface area contributed by atoms with Gasteiger partial charge in [0, 0.05) is 22.6 Å². The van der Waals surface area contributed by atoms with Gasteiger partial charge in [0.1, 0.15) is 0 Å². The summed E-state index contributed by atoms with van der Waals surface area (Å²) in [5, 5.41) is 9.27. The first-order chi connectivity index (χ1) is 11.2. The van der Waals surface area contributed by atoms with Gasteiger partial charge in [-0.25, -0.2) is 4.79 Å². The molecule has 0 fully saturated rings. The number of hydrogen-bond acceptors (Lipinski definition) is 3. The van der Waals surface area contributed by atoms with Gasteiger partial charge in [-0.2, -0.15) is 0 Å². The molecule has 6 heteroatoms. The van der Waals surface area contributed by atoms with E-state index >= 15 is 0 Å². The number of nitrogens with zero attached hydrogens (tertiary/aromatic N) is 1. The molecule has 0 atom stereocenters. The summed E-state index contributed by atoms with van der Waals surface area (Å²) in [7, 11) is 0. The molecule has 116 valence electrons. The van der Waals surface area contributed by atoms with Crippen LogP contribution < -0.4 is 10.6 Å². The summed E-state index contributed by atoms with van der Waals surface area (Å²) in [5.41, 5.74) is 1.90. The third kappa shape index (κ3) is 4.20. The number of nitrogens with one attached hydrogen (secondary N) is 2. The number of rotatable bonds is 4. The summed E-state index contributed by atoms with van der Waals surface area (Å²) in [6.45, 7) is 0.425. The average molecular weight is 372 g/mol. The number of aromatic nitrogens is 1. The van der Waals surface area contributed by atoms with Gasteiger partial charge in [0.05, 0.1) is 0 Å². The van der Waals surface area contributed by atoms with Crippen LogP contribution in [0.5, 0.6) is 0 Å². The van der Waals surface area contributed by atoms with Crippen molar-refractivity contribution < 1.29 is 9.32 Å². The molecule has 5 nitrogen and oxygen atoms in total. The van der Waals surface area contributed by atoms with Crippen LogP contribution in [0.1, 0.15) is 5.56 Å².